The van der Waals surface area contributed by atoms with Gasteiger partial charge in [0, 0.05) is 0 Å². The van der Waals surface area contributed by atoms with E-state index >= 15 is 0 Å². The number of amides is 1. The number of hydrogen-bond donors (Lipinski definition) is 1. The molecule has 184 valence electrons. The normalized spacial score (nSPS) is 11.4. The van der Waals surface area contributed by atoms with Crippen LogP contribution in [-0.4, -0.2) is 43.0 Å². The van der Waals surface area contributed by atoms with Gasteiger partial charge >= 0.3 is 5.97 Å². The lowest BCUT2D eigenvalue weighted by Crippen LogP contribution is -2.34. The molecule has 4 aromatic rings. The Bertz CT molecular complexity index is 1350. The molecule has 1 amide bonds. The first-order chi connectivity index (χ1) is 17.5. The summed E-state index contributed by atoms with van der Waals surface area (Å²) in [6.45, 7) is 0. The predicted molar refractivity (Wildman–Crippen MR) is 131 cm³/mol. The average molecular weight is 490 g/mol. The summed E-state index contributed by atoms with van der Waals surface area (Å²) < 4.78 is 31.1. The Hall–Kier alpha value is -4.66. The monoisotopic (exact) mass is 489 g/mol. The van der Waals surface area contributed by atoms with Crippen molar-refractivity contribution in [2.24, 2.45) is 0 Å². The number of rotatable bonds is 8. The molecule has 0 saturated carbocycles. The van der Waals surface area contributed by atoms with Gasteiger partial charge in [0.2, 0.25) is 0 Å². The number of aromatic nitrogens is 2. The smallest absolute Gasteiger partial charge is 0.333 e. The lowest BCUT2D eigenvalue weighted by Gasteiger charge is -2.16. The molecule has 1 aromatic heterocycles. The van der Waals surface area contributed by atoms with Gasteiger partial charge in [-0.25, -0.2) is 13.9 Å². The van der Waals surface area contributed by atoms with Gasteiger partial charge in [-0.15, -0.1) is 0 Å². The first-order valence-electron chi connectivity index (χ1n) is 11.0. The summed E-state index contributed by atoms with van der Waals surface area (Å²) in [4.78, 5) is 25.8. The molecule has 0 fully saturated rings. The number of benzene rings is 3. The highest BCUT2D eigenvalue weighted by atomic mass is 19.1. The molecule has 8 nitrogen and oxygen atoms in total. The highest BCUT2D eigenvalue weighted by Gasteiger charge is 2.27. The molecule has 3 aromatic carbocycles. The van der Waals surface area contributed by atoms with Crippen LogP contribution in [0.4, 0.5) is 4.39 Å². The number of halogens is 1. The van der Waals surface area contributed by atoms with Gasteiger partial charge in [-0.2, -0.15) is 5.10 Å². The third kappa shape index (κ3) is 4.90. The van der Waals surface area contributed by atoms with Crippen molar-refractivity contribution in [3.05, 3.63) is 95.9 Å². The number of ether oxygens (including phenoxy) is 3. The zero-order valence-electron chi connectivity index (χ0n) is 19.9. The number of carbonyl (C=O) groups is 2. The summed E-state index contributed by atoms with van der Waals surface area (Å²) in [5, 5.41) is 7.19. The molecule has 9 heteroatoms. The molecule has 0 spiro atoms. The van der Waals surface area contributed by atoms with Crippen molar-refractivity contribution in [3.8, 4) is 28.4 Å². The Morgan fingerprint density at radius 3 is 2.11 bits per heavy atom. The predicted octanol–water partition coefficient (Wildman–Crippen LogP) is 4.34. The van der Waals surface area contributed by atoms with Crippen LogP contribution in [0.5, 0.6) is 11.5 Å². The van der Waals surface area contributed by atoms with Gasteiger partial charge in [-0.05, 0) is 48.0 Å². The van der Waals surface area contributed by atoms with Crippen molar-refractivity contribution in [1.29, 1.82) is 0 Å². The highest BCUT2D eigenvalue weighted by molar-refractivity contribution is 5.97. The lowest BCUT2D eigenvalue weighted by atomic mass is 10.1. The van der Waals surface area contributed by atoms with Gasteiger partial charge in [0.1, 0.15) is 17.3 Å². The number of esters is 1. The van der Waals surface area contributed by atoms with Crippen molar-refractivity contribution in [3.63, 3.8) is 0 Å². The minimum atomic E-state index is -1.04. The van der Waals surface area contributed by atoms with Crippen LogP contribution >= 0.6 is 0 Å². The lowest BCUT2D eigenvalue weighted by molar-refractivity contribution is -0.143. The van der Waals surface area contributed by atoms with Crippen LogP contribution in [-0.2, 0) is 9.53 Å². The Morgan fingerprint density at radius 2 is 1.53 bits per heavy atom. The number of methoxy groups -OCH3 is 3. The Morgan fingerprint density at radius 1 is 0.889 bits per heavy atom. The molecule has 0 unspecified atom stereocenters. The maximum Gasteiger partial charge on any atom is 0.333 e. The molecule has 0 aliphatic heterocycles. The fraction of sp³-hybridized carbons (Fsp3) is 0.148. The van der Waals surface area contributed by atoms with Crippen molar-refractivity contribution < 1.29 is 28.2 Å². The van der Waals surface area contributed by atoms with E-state index in [1.165, 1.54) is 50.3 Å². The van der Waals surface area contributed by atoms with E-state index in [4.69, 9.17) is 14.2 Å². The van der Waals surface area contributed by atoms with Gasteiger partial charge in [0.15, 0.2) is 11.7 Å². The van der Waals surface area contributed by atoms with Crippen LogP contribution in [0, 0.1) is 5.82 Å². The van der Waals surface area contributed by atoms with Crippen LogP contribution in [0.3, 0.4) is 0 Å². The van der Waals surface area contributed by atoms with Gasteiger partial charge in [-0.3, -0.25) is 4.79 Å². The third-order valence-corrected chi connectivity index (χ3v) is 5.54. The molecule has 1 atom stereocenters. The SMILES string of the molecule is COC(=O)[C@@H](NC(=O)c1cc(-c2c(OC)cccc2OC)n(-c2ccc(F)cc2)n1)c1ccccc1. The summed E-state index contributed by atoms with van der Waals surface area (Å²) in [6, 6.07) is 20.2. The first-order valence-corrected chi connectivity index (χ1v) is 11.0. The maximum absolute atomic E-state index is 13.6. The minimum absolute atomic E-state index is 0.0205. The van der Waals surface area contributed by atoms with E-state index in [2.05, 4.69) is 10.4 Å². The Kier molecular flexibility index (Phi) is 7.29. The number of carbonyl (C=O) groups excluding carboxylic acids is 2. The maximum atomic E-state index is 13.6. The van der Waals surface area contributed by atoms with E-state index in [0.29, 0.717) is 34.0 Å². The van der Waals surface area contributed by atoms with Crippen LogP contribution in [0.2, 0.25) is 0 Å². The summed E-state index contributed by atoms with van der Waals surface area (Å²) in [5.41, 5.74) is 2.10. The van der Waals surface area contributed by atoms with Crippen LogP contribution in [0.25, 0.3) is 16.9 Å². The summed E-state index contributed by atoms with van der Waals surface area (Å²) >= 11 is 0. The molecule has 1 heterocycles. The summed E-state index contributed by atoms with van der Waals surface area (Å²) in [7, 11) is 4.29. The van der Waals surface area contributed by atoms with Gasteiger partial charge in [0.25, 0.3) is 5.91 Å². The van der Waals surface area contributed by atoms with Gasteiger partial charge in [0.05, 0.1) is 38.3 Å². The van der Waals surface area contributed by atoms with Crippen molar-refractivity contribution in [2.45, 2.75) is 6.04 Å². The Labute approximate surface area is 207 Å². The molecule has 0 radical (unpaired) electrons. The fourth-order valence-corrected chi connectivity index (χ4v) is 3.80. The summed E-state index contributed by atoms with van der Waals surface area (Å²) in [6.07, 6.45) is 0. The van der Waals surface area contributed by atoms with Gasteiger partial charge in [-0.1, -0.05) is 36.4 Å². The molecule has 0 saturated heterocycles. The Balaban J connectivity index is 1.82. The molecular weight excluding hydrogens is 465 g/mol. The largest absolute Gasteiger partial charge is 0.496 e. The third-order valence-electron chi connectivity index (χ3n) is 5.54. The second-order valence-corrected chi connectivity index (χ2v) is 7.68. The van der Waals surface area contributed by atoms with E-state index in [-0.39, 0.29) is 5.69 Å². The zero-order chi connectivity index (χ0) is 25.7. The average Bonchev–Trinajstić information content (AvgIpc) is 3.36. The molecule has 1 N–H and O–H groups in total. The van der Waals surface area contributed by atoms with E-state index in [9.17, 15) is 14.0 Å². The van der Waals surface area contributed by atoms with Crippen LogP contribution in [0.15, 0.2) is 78.9 Å². The highest BCUT2D eigenvalue weighted by Crippen LogP contribution is 2.39. The van der Waals surface area contributed by atoms with E-state index in [0.717, 1.165) is 0 Å². The molecular formula is C27H24FN3O5. The van der Waals surface area contributed by atoms with Crippen LogP contribution < -0.4 is 14.8 Å². The topological polar surface area (TPSA) is 91.7 Å². The van der Waals surface area contributed by atoms with Gasteiger partial charge < -0.3 is 19.5 Å². The first kappa shape index (κ1) is 24.5. The van der Waals surface area contributed by atoms with E-state index < -0.39 is 23.7 Å². The molecule has 4 rings (SSSR count). The second kappa shape index (κ2) is 10.7. The van der Waals surface area contributed by atoms with E-state index in [1.54, 1.807) is 54.6 Å². The number of nitrogens with one attached hydrogen (secondary N) is 1. The van der Waals surface area contributed by atoms with Crippen molar-refractivity contribution >= 4 is 11.9 Å². The second-order valence-electron chi connectivity index (χ2n) is 7.68. The number of hydrogen-bond acceptors (Lipinski definition) is 6. The zero-order valence-corrected chi connectivity index (χ0v) is 19.9. The quantitative estimate of drug-likeness (QED) is 0.370. The molecule has 0 bridgehead atoms. The van der Waals surface area contributed by atoms with Crippen LogP contribution in [0.1, 0.15) is 22.1 Å². The van der Waals surface area contributed by atoms with E-state index in [1.807, 2.05) is 0 Å². The number of nitrogens with zero attached hydrogens (tertiary/aromatic N) is 2. The molecule has 0 aliphatic rings. The molecule has 0 aliphatic carbocycles. The standard InChI is InChI=1S/C27H24FN3O5/c1-34-22-10-7-11-23(35-2)24(22)21-16-20(30-31(21)19-14-12-18(28)13-15-19)26(32)29-25(27(33)36-3)17-8-5-4-6-9-17/h4-16,25H,1-3H3,(H,29,32)/t25-/m0/s1. The minimum Gasteiger partial charge on any atom is -0.496 e. The molecule has 36 heavy (non-hydrogen) atoms. The van der Waals surface area contributed by atoms with Crippen molar-refractivity contribution in [1.82, 2.24) is 15.1 Å². The van der Waals surface area contributed by atoms with Crippen molar-refractivity contribution in [2.75, 3.05) is 21.3 Å². The summed E-state index contributed by atoms with van der Waals surface area (Å²) in [5.74, 6) is -0.670. The fourth-order valence-electron chi connectivity index (χ4n) is 3.80.